The molecule has 146 valence electrons. The molecule has 0 aromatic rings. The molecule has 0 spiro atoms. The van der Waals surface area contributed by atoms with Crippen LogP contribution in [0, 0.1) is 22.7 Å². The van der Waals surface area contributed by atoms with Crippen LogP contribution in [0.2, 0.25) is 0 Å². The summed E-state index contributed by atoms with van der Waals surface area (Å²) in [6.45, 7) is 9.72. The van der Waals surface area contributed by atoms with Crippen molar-refractivity contribution < 1.29 is 19.1 Å². The highest BCUT2D eigenvalue weighted by atomic mass is 16.5. The molecule has 2 rings (SSSR count). The second-order valence-electron chi connectivity index (χ2n) is 8.54. The summed E-state index contributed by atoms with van der Waals surface area (Å²) >= 11 is 0. The van der Waals surface area contributed by atoms with Crippen LogP contribution in [0.15, 0.2) is 23.3 Å². The summed E-state index contributed by atoms with van der Waals surface area (Å²) in [5.74, 6) is 0.809. The van der Waals surface area contributed by atoms with Crippen molar-refractivity contribution in [2.45, 2.75) is 66.2 Å². The van der Waals surface area contributed by atoms with E-state index in [1.807, 2.05) is 6.08 Å². The van der Waals surface area contributed by atoms with E-state index in [4.69, 9.17) is 9.47 Å². The van der Waals surface area contributed by atoms with Crippen LogP contribution >= 0.6 is 0 Å². The van der Waals surface area contributed by atoms with Gasteiger partial charge < -0.3 is 9.47 Å². The van der Waals surface area contributed by atoms with E-state index in [-0.39, 0.29) is 17.3 Å². The Morgan fingerprint density at radius 3 is 2.73 bits per heavy atom. The average molecular weight is 363 g/mol. The lowest BCUT2D eigenvalue weighted by molar-refractivity contribution is -0.156. The first-order valence-electron chi connectivity index (χ1n) is 9.79. The molecule has 26 heavy (non-hydrogen) atoms. The van der Waals surface area contributed by atoms with Crippen molar-refractivity contribution in [1.82, 2.24) is 0 Å². The fourth-order valence-corrected chi connectivity index (χ4v) is 4.97. The molecule has 1 saturated carbocycles. The number of hydrogen-bond donors (Lipinski definition) is 0. The maximum atomic E-state index is 12.5. The lowest BCUT2D eigenvalue weighted by Gasteiger charge is -2.53. The molecule has 0 saturated heterocycles. The highest BCUT2D eigenvalue weighted by Gasteiger charge is 2.52. The number of methoxy groups -OCH3 is 1. The van der Waals surface area contributed by atoms with E-state index in [2.05, 4.69) is 33.8 Å². The van der Waals surface area contributed by atoms with Crippen molar-refractivity contribution >= 4 is 12.4 Å². The summed E-state index contributed by atoms with van der Waals surface area (Å²) in [5, 5.41) is 0. The van der Waals surface area contributed by atoms with E-state index in [0.29, 0.717) is 19.0 Å². The number of hydrogen-bond acceptors (Lipinski definition) is 4. The summed E-state index contributed by atoms with van der Waals surface area (Å²) in [6.07, 6.45) is 10.4. The van der Waals surface area contributed by atoms with Crippen LogP contribution < -0.4 is 0 Å². The van der Waals surface area contributed by atoms with Gasteiger partial charge in [0.1, 0.15) is 6.61 Å². The molecule has 0 amide bonds. The second-order valence-corrected chi connectivity index (χ2v) is 8.54. The van der Waals surface area contributed by atoms with Gasteiger partial charge in [-0.1, -0.05) is 31.1 Å². The molecule has 0 unspecified atom stereocenters. The molecule has 4 heteroatoms. The number of carbonyl (C=O) groups excluding carboxylic acids is 2. The molecular formula is C22H34O4. The first-order valence-corrected chi connectivity index (χ1v) is 9.79. The van der Waals surface area contributed by atoms with Crippen LogP contribution in [-0.2, 0) is 19.1 Å². The first kappa shape index (κ1) is 20.7. The Kier molecular flexibility index (Phi) is 6.70. The molecule has 0 aliphatic heterocycles. The Balaban J connectivity index is 2.21. The van der Waals surface area contributed by atoms with Gasteiger partial charge in [0.2, 0.25) is 0 Å². The fraction of sp³-hybridized carbons (Fsp3) is 0.727. The lowest BCUT2D eigenvalue weighted by Crippen LogP contribution is -2.47. The lowest BCUT2D eigenvalue weighted by atomic mass is 9.51. The van der Waals surface area contributed by atoms with Gasteiger partial charge in [-0.25, -0.2) is 0 Å². The van der Waals surface area contributed by atoms with Gasteiger partial charge >= 0.3 is 5.97 Å². The number of fused-ring (bicyclic) bond motifs is 1. The van der Waals surface area contributed by atoms with Crippen LogP contribution in [0.4, 0.5) is 0 Å². The van der Waals surface area contributed by atoms with Crippen LogP contribution in [0.1, 0.15) is 66.2 Å². The minimum atomic E-state index is -0.400. The number of rotatable bonds is 7. The Labute approximate surface area is 158 Å². The zero-order chi connectivity index (χ0) is 19.4. The van der Waals surface area contributed by atoms with E-state index in [1.165, 1.54) is 18.3 Å². The molecule has 1 fully saturated rings. The molecule has 4 nitrogen and oxygen atoms in total. The molecule has 0 radical (unpaired) electrons. The first-order chi connectivity index (χ1) is 12.3. The number of allylic oxidation sites excluding steroid dienone is 3. The summed E-state index contributed by atoms with van der Waals surface area (Å²) in [6, 6.07) is 0. The van der Waals surface area contributed by atoms with Gasteiger partial charge in [0, 0.05) is 0 Å². The average Bonchev–Trinajstić information content (AvgIpc) is 2.63. The van der Waals surface area contributed by atoms with E-state index >= 15 is 0 Å². The van der Waals surface area contributed by atoms with Crippen LogP contribution in [0.25, 0.3) is 0 Å². The molecule has 2 aliphatic rings. The van der Waals surface area contributed by atoms with Crippen LogP contribution in [0.5, 0.6) is 0 Å². The third-order valence-electron chi connectivity index (χ3n) is 7.09. The van der Waals surface area contributed by atoms with Gasteiger partial charge in [0.25, 0.3) is 6.47 Å². The minimum absolute atomic E-state index is 0.0629. The number of ether oxygens (including phenoxy) is 2. The van der Waals surface area contributed by atoms with Crippen molar-refractivity contribution in [3.63, 3.8) is 0 Å². The van der Waals surface area contributed by atoms with E-state index < -0.39 is 5.41 Å². The largest absolute Gasteiger partial charge is 0.469 e. The Hall–Kier alpha value is -1.58. The Morgan fingerprint density at radius 1 is 1.35 bits per heavy atom. The predicted molar refractivity (Wildman–Crippen MR) is 102 cm³/mol. The Bertz CT molecular complexity index is 591. The van der Waals surface area contributed by atoms with Crippen molar-refractivity contribution in [3.05, 3.63) is 23.3 Å². The second kappa shape index (κ2) is 8.41. The van der Waals surface area contributed by atoms with Gasteiger partial charge in [-0.15, -0.1) is 0 Å². The van der Waals surface area contributed by atoms with Crippen molar-refractivity contribution in [1.29, 1.82) is 0 Å². The molecule has 0 N–H and O–H groups in total. The van der Waals surface area contributed by atoms with Crippen molar-refractivity contribution in [3.8, 4) is 0 Å². The molecule has 0 bridgehead atoms. The summed E-state index contributed by atoms with van der Waals surface area (Å²) in [4.78, 5) is 22.8. The van der Waals surface area contributed by atoms with Crippen LogP contribution in [0.3, 0.4) is 0 Å². The normalized spacial score (nSPS) is 34.5. The minimum Gasteiger partial charge on any atom is -0.469 e. The van der Waals surface area contributed by atoms with Gasteiger partial charge in [0.15, 0.2) is 0 Å². The van der Waals surface area contributed by atoms with Crippen molar-refractivity contribution in [2.24, 2.45) is 22.7 Å². The smallest absolute Gasteiger partial charge is 0.312 e. The van der Waals surface area contributed by atoms with E-state index in [9.17, 15) is 9.59 Å². The quantitative estimate of drug-likeness (QED) is 0.281. The summed E-state index contributed by atoms with van der Waals surface area (Å²) in [7, 11) is 1.51. The molecule has 4 atom stereocenters. The number of carbonyl (C=O) groups is 2. The van der Waals surface area contributed by atoms with E-state index in [1.54, 1.807) is 0 Å². The van der Waals surface area contributed by atoms with Gasteiger partial charge in [-0.05, 0) is 75.7 Å². The maximum absolute atomic E-state index is 12.5. The highest BCUT2D eigenvalue weighted by molar-refractivity contribution is 5.77. The SMILES string of the molecule is COC(=O)[C@@]1(C)CCC=C2[C@@H]1CC[C@@H](C)[C@]2(C)CC/C(C)=C/COC=O. The molecule has 0 aromatic carbocycles. The molecule has 2 aliphatic carbocycles. The van der Waals surface area contributed by atoms with Crippen LogP contribution in [-0.4, -0.2) is 26.2 Å². The topological polar surface area (TPSA) is 52.6 Å². The molecular weight excluding hydrogens is 328 g/mol. The third-order valence-corrected chi connectivity index (χ3v) is 7.09. The highest BCUT2D eigenvalue weighted by Crippen LogP contribution is 2.58. The standard InChI is InChI=1S/C22H34O4/c1-16(11-14-26-15-23)10-13-21(3)17(2)8-9-19-18(21)7-6-12-22(19,4)20(24)25-5/h7,11,15,17,19H,6,8-10,12-14H2,1-5H3/b16-11+/t17-,19+,21+,22+/m1/s1. The Morgan fingerprint density at radius 2 is 2.08 bits per heavy atom. The van der Waals surface area contributed by atoms with E-state index in [0.717, 1.165) is 38.5 Å². The van der Waals surface area contributed by atoms with Gasteiger partial charge in [0.05, 0.1) is 12.5 Å². The van der Waals surface area contributed by atoms with Gasteiger partial charge in [-0.2, -0.15) is 0 Å². The molecule has 0 aromatic heterocycles. The monoisotopic (exact) mass is 362 g/mol. The predicted octanol–water partition coefficient (Wildman–Crippen LogP) is 4.84. The summed E-state index contributed by atoms with van der Waals surface area (Å²) < 4.78 is 9.95. The number of esters is 1. The summed E-state index contributed by atoms with van der Waals surface area (Å²) in [5.41, 5.74) is 2.41. The third kappa shape index (κ3) is 3.89. The van der Waals surface area contributed by atoms with Crippen molar-refractivity contribution in [2.75, 3.05) is 13.7 Å². The fourth-order valence-electron chi connectivity index (χ4n) is 4.97. The zero-order valence-electron chi connectivity index (χ0n) is 17.0. The molecule has 0 heterocycles. The van der Waals surface area contributed by atoms with Gasteiger partial charge in [-0.3, -0.25) is 9.59 Å². The maximum Gasteiger partial charge on any atom is 0.312 e. The zero-order valence-corrected chi connectivity index (χ0v) is 17.0.